The first-order valence-corrected chi connectivity index (χ1v) is 16.5. The third-order valence-corrected chi connectivity index (χ3v) is 9.07. The van der Waals surface area contributed by atoms with E-state index >= 15 is 13.2 Å². The van der Waals surface area contributed by atoms with Crippen LogP contribution in [0.15, 0.2) is 41.3 Å². The standard InChI is InChI=1S/C25H24F6N2O3SSi/c1-15-7-9-17(10-8-15)37(34,35)33-21-19(12-16(14-32)13-20(21)24(26,27)28)18-6-5-11-23(22(18)33,25(29,30)31)36-38(2,3)4/h7-10,12-13H,5-6,11H2,1-4H3. The minimum absolute atomic E-state index is 0.112. The Morgan fingerprint density at radius 2 is 1.66 bits per heavy atom. The van der Waals surface area contributed by atoms with E-state index in [0.29, 0.717) is 11.6 Å². The second-order valence-corrected chi connectivity index (χ2v) is 16.5. The Morgan fingerprint density at radius 3 is 2.16 bits per heavy atom. The van der Waals surface area contributed by atoms with Crippen LogP contribution in [0.25, 0.3) is 10.9 Å². The summed E-state index contributed by atoms with van der Waals surface area (Å²) in [5, 5.41) is 9.04. The molecule has 0 N–H and O–H groups in total. The van der Waals surface area contributed by atoms with Gasteiger partial charge in [0.25, 0.3) is 10.0 Å². The molecule has 0 aliphatic heterocycles. The Kier molecular flexibility index (Phi) is 6.57. The fraction of sp³-hybridized carbons (Fsp3) is 0.400. The topological polar surface area (TPSA) is 72.1 Å². The number of alkyl halides is 6. The molecule has 13 heteroatoms. The minimum Gasteiger partial charge on any atom is -0.399 e. The van der Waals surface area contributed by atoms with E-state index in [1.807, 2.05) is 0 Å². The van der Waals surface area contributed by atoms with Gasteiger partial charge in [-0.15, -0.1) is 0 Å². The molecule has 1 aromatic heterocycles. The molecule has 1 aliphatic carbocycles. The van der Waals surface area contributed by atoms with Crippen molar-refractivity contribution in [2.24, 2.45) is 0 Å². The van der Waals surface area contributed by atoms with E-state index in [1.54, 1.807) is 13.0 Å². The monoisotopic (exact) mass is 574 g/mol. The number of rotatable bonds is 4. The van der Waals surface area contributed by atoms with Crippen LogP contribution in [0.5, 0.6) is 0 Å². The number of aromatic nitrogens is 1. The van der Waals surface area contributed by atoms with Crippen LogP contribution in [0, 0.1) is 18.3 Å². The molecule has 0 spiro atoms. The lowest BCUT2D eigenvalue weighted by Crippen LogP contribution is -2.53. The number of fused-ring (bicyclic) bond motifs is 3. The van der Waals surface area contributed by atoms with Crippen molar-refractivity contribution in [1.82, 2.24) is 3.97 Å². The molecule has 1 aliphatic rings. The first kappa shape index (κ1) is 28.2. The van der Waals surface area contributed by atoms with Crippen LogP contribution in [0.4, 0.5) is 26.3 Å². The van der Waals surface area contributed by atoms with Gasteiger partial charge in [0.2, 0.25) is 0 Å². The molecule has 0 amide bonds. The van der Waals surface area contributed by atoms with Crippen molar-refractivity contribution in [3.8, 4) is 6.07 Å². The van der Waals surface area contributed by atoms with Gasteiger partial charge in [0, 0.05) is 5.39 Å². The maximum absolute atomic E-state index is 15.1. The average Bonchev–Trinajstić information content (AvgIpc) is 3.12. The van der Waals surface area contributed by atoms with Gasteiger partial charge in [-0.25, -0.2) is 12.4 Å². The maximum atomic E-state index is 15.1. The molecule has 3 aromatic rings. The molecule has 0 bridgehead atoms. The SMILES string of the molecule is Cc1ccc(S(=O)(=O)n2c3c(c4cc(C#N)cc(C(F)(F)F)c42)CCCC3(O[Si](C)(C)C)C(F)(F)F)cc1. The van der Waals surface area contributed by atoms with E-state index in [1.165, 1.54) is 31.8 Å². The highest BCUT2D eigenvalue weighted by atomic mass is 32.2. The third-order valence-electron chi connectivity index (χ3n) is 6.40. The number of hydrogen-bond donors (Lipinski definition) is 0. The molecule has 0 saturated heterocycles. The molecular weight excluding hydrogens is 550 g/mol. The van der Waals surface area contributed by atoms with Crippen molar-refractivity contribution in [2.45, 2.75) is 68.7 Å². The zero-order valence-electron chi connectivity index (χ0n) is 20.9. The summed E-state index contributed by atoms with van der Waals surface area (Å²) in [6.07, 6.45) is -11.2. The molecular formula is C25H24F6N2O3SSi. The largest absolute Gasteiger partial charge is 0.422 e. The average molecular weight is 575 g/mol. The molecule has 1 atom stereocenters. The van der Waals surface area contributed by atoms with Gasteiger partial charge in [0.1, 0.15) is 0 Å². The highest BCUT2D eigenvalue weighted by Gasteiger charge is 2.63. The molecule has 0 fully saturated rings. The van der Waals surface area contributed by atoms with Gasteiger partial charge in [-0.1, -0.05) is 17.7 Å². The van der Waals surface area contributed by atoms with E-state index in [0.717, 1.165) is 18.2 Å². The number of nitrogens with zero attached hydrogens (tertiary/aromatic N) is 2. The van der Waals surface area contributed by atoms with E-state index in [9.17, 15) is 26.9 Å². The highest BCUT2D eigenvalue weighted by molar-refractivity contribution is 7.90. The predicted molar refractivity (Wildman–Crippen MR) is 131 cm³/mol. The third kappa shape index (κ3) is 4.52. The zero-order chi connectivity index (χ0) is 28.5. The molecule has 38 heavy (non-hydrogen) atoms. The van der Waals surface area contributed by atoms with E-state index < -0.39 is 69.9 Å². The van der Waals surface area contributed by atoms with Crippen molar-refractivity contribution < 1.29 is 39.2 Å². The number of benzene rings is 2. The lowest BCUT2D eigenvalue weighted by atomic mass is 9.82. The van der Waals surface area contributed by atoms with Crippen molar-refractivity contribution in [3.05, 3.63) is 64.3 Å². The second-order valence-electron chi connectivity index (χ2n) is 10.3. The number of halogens is 6. The number of nitriles is 1. The molecule has 5 nitrogen and oxygen atoms in total. The van der Waals surface area contributed by atoms with Gasteiger partial charge >= 0.3 is 12.4 Å². The molecule has 0 saturated carbocycles. The molecule has 4 rings (SSSR count). The maximum Gasteiger partial charge on any atom is 0.422 e. The minimum atomic E-state index is -5.17. The van der Waals surface area contributed by atoms with Crippen LogP contribution in [-0.2, 0) is 32.6 Å². The van der Waals surface area contributed by atoms with Gasteiger partial charge in [-0.05, 0) is 75.7 Å². The lowest BCUT2D eigenvalue weighted by Gasteiger charge is -2.43. The van der Waals surface area contributed by atoms with Gasteiger partial charge in [0.05, 0.1) is 33.3 Å². The predicted octanol–water partition coefficient (Wildman–Crippen LogP) is 7.02. The Labute approximate surface area is 216 Å². The van der Waals surface area contributed by atoms with Crippen LogP contribution in [0.1, 0.15) is 40.8 Å². The first-order valence-electron chi connectivity index (χ1n) is 11.6. The zero-order valence-corrected chi connectivity index (χ0v) is 22.7. The van der Waals surface area contributed by atoms with Crippen LogP contribution >= 0.6 is 0 Å². The van der Waals surface area contributed by atoms with E-state index in [-0.39, 0.29) is 27.8 Å². The summed E-state index contributed by atoms with van der Waals surface area (Å²) in [5.74, 6) is 0. The number of aryl methyl sites for hydroxylation is 2. The Morgan fingerprint density at radius 1 is 1.05 bits per heavy atom. The van der Waals surface area contributed by atoms with Crippen LogP contribution in [-0.4, -0.2) is 26.9 Å². The summed E-state index contributed by atoms with van der Waals surface area (Å²) >= 11 is 0. The molecule has 204 valence electrons. The Hall–Kier alpha value is -2.82. The fourth-order valence-corrected chi connectivity index (χ4v) is 8.02. The van der Waals surface area contributed by atoms with Crippen LogP contribution < -0.4 is 0 Å². The summed E-state index contributed by atoms with van der Waals surface area (Å²) in [5.41, 5.74) is -6.54. The Balaban J connectivity index is 2.31. The van der Waals surface area contributed by atoms with Crippen molar-refractivity contribution in [1.29, 1.82) is 5.26 Å². The molecule has 0 radical (unpaired) electrons. The van der Waals surface area contributed by atoms with Crippen molar-refractivity contribution in [3.63, 3.8) is 0 Å². The summed E-state index contributed by atoms with van der Waals surface area (Å²) in [7, 11) is -8.08. The quantitative estimate of drug-likeness (QED) is 0.248. The Bertz CT molecular complexity index is 1560. The van der Waals surface area contributed by atoms with Crippen molar-refractivity contribution in [2.75, 3.05) is 0 Å². The van der Waals surface area contributed by atoms with Crippen molar-refractivity contribution >= 4 is 29.2 Å². The van der Waals surface area contributed by atoms with Gasteiger partial charge in [-0.3, -0.25) is 0 Å². The normalized spacial score (nSPS) is 18.9. The van der Waals surface area contributed by atoms with E-state index in [4.69, 9.17) is 4.43 Å². The van der Waals surface area contributed by atoms with Gasteiger partial charge in [-0.2, -0.15) is 31.6 Å². The second kappa shape index (κ2) is 8.86. The lowest BCUT2D eigenvalue weighted by molar-refractivity contribution is -0.264. The molecule has 1 heterocycles. The summed E-state index contributed by atoms with van der Waals surface area (Å²) in [6.45, 7) is 6.13. The smallest absolute Gasteiger partial charge is 0.399 e. The van der Waals surface area contributed by atoms with Gasteiger partial charge < -0.3 is 4.43 Å². The highest BCUT2D eigenvalue weighted by Crippen LogP contribution is 2.55. The molecule has 1 unspecified atom stereocenters. The van der Waals surface area contributed by atoms with E-state index in [2.05, 4.69) is 0 Å². The van der Waals surface area contributed by atoms with Crippen LogP contribution in [0.2, 0.25) is 19.6 Å². The van der Waals surface area contributed by atoms with Gasteiger partial charge in [0.15, 0.2) is 13.9 Å². The summed E-state index contributed by atoms with van der Waals surface area (Å²) in [4.78, 5) is -0.477. The number of hydrogen-bond acceptors (Lipinski definition) is 4. The summed E-state index contributed by atoms with van der Waals surface area (Å²) in [6, 6.07) is 8.17. The molecule has 2 aromatic carbocycles. The van der Waals surface area contributed by atoms with Crippen LogP contribution in [0.3, 0.4) is 0 Å². The summed E-state index contributed by atoms with van der Waals surface area (Å²) < 4.78 is 122. The first-order chi connectivity index (χ1) is 17.3. The fourth-order valence-electron chi connectivity index (χ4n) is 5.03.